The zero-order valence-electron chi connectivity index (χ0n) is 15.2. The molecule has 3 aromatic rings. The second-order valence-corrected chi connectivity index (χ2v) is 9.13. The van der Waals surface area contributed by atoms with Gasteiger partial charge in [-0.15, -0.1) is 0 Å². The van der Waals surface area contributed by atoms with Crippen LogP contribution in [-0.2, 0) is 18.6 Å². The van der Waals surface area contributed by atoms with Gasteiger partial charge in [0.1, 0.15) is 5.03 Å². The molecule has 0 aliphatic heterocycles. The lowest BCUT2D eigenvalue weighted by molar-refractivity contribution is 0.628. The first kappa shape index (κ1) is 18.9. The molecule has 0 saturated heterocycles. The summed E-state index contributed by atoms with van der Waals surface area (Å²) >= 11 is 9.76. The molecule has 0 amide bonds. The minimum absolute atomic E-state index is 0.777. The molecular formula is C22H21ClN2S2. The standard InChI is InChI=1S/C22H21ClN2S2/c1-15-10-12-16(13-11-15)14-26-22-24-19-8-4-2-6-17(19)21(25-22)27-20-9-5-3-7-18(20)23/h3,5,7,9-13H,2,4,6,8,14H2,1H3. The van der Waals surface area contributed by atoms with Crippen LogP contribution in [0.1, 0.15) is 35.2 Å². The minimum Gasteiger partial charge on any atom is -0.227 e. The third kappa shape index (κ3) is 4.68. The van der Waals surface area contributed by atoms with Crippen molar-refractivity contribution >= 4 is 35.1 Å². The highest BCUT2D eigenvalue weighted by molar-refractivity contribution is 7.99. The summed E-state index contributed by atoms with van der Waals surface area (Å²) in [4.78, 5) is 10.8. The highest BCUT2D eigenvalue weighted by Crippen LogP contribution is 2.38. The van der Waals surface area contributed by atoms with Gasteiger partial charge in [-0.3, -0.25) is 0 Å². The van der Waals surface area contributed by atoms with Crippen molar-refractivity contribution in [2.75, 3.05) is 0 Å². The first-order chi connectivity index (χ1) is 13.2. The number of aromatic nitrogens is 2. The van der Waals surface area contributed by atoms with Crippen molar-refractivity contribution in [1.29, 1.82) is 0 Å². The Balaban J connectivity index is 1.60. The van der Waals surface area contributed by atoms with E-state index < -0.39 is 0 Å². The fourth-order valence-corrected chi connectivity index (χ4v) is 5.27. The Labute approximate surface area is 174 Å². The summed E-state index contributed by atoms with van der Waals surface area (Å²) in [5, 5.41) is 2.71. The highest BCUT2D eigenvalue weighted by Gasteiger charge is 2.19. The van der Waals surface area contributed by atoms with E-state index in [1.165, 1.54) is 35.2 Å². The molecule has 0 bridgehead atoms. The SMILES string of the molecule is Cc1ccc(CSc2nc3c(c(Sc4ccccc4Cl)n2)CCCC3)cc1. The number of halogens is 1. The summed E-state index contributed by atoms with van der Waals surface area (Å²) in [5.41, 5.74) is 5.11. The molecule has 4 rings (SSSR count). The van der Waals surface area contributed by atoms with Crippen LogP contribution in [0.25, 0.3) is 0 Å². The van der Waals surface area contributed by atoms with Crippen molar-refractivity contribution < 1.29 is 0 Å². The molecule has 1 aromatic heterocycles. The number of benzene rings is 2. The fourth-order valence-electron chi connectivity index (χ4n) is 3.15. The van der Waals surface area contributed by atoms with E-state index in [-0.39, 0.29) is 0 Å². The fraction of sp³-hybridized carbons (Fsp3) is 0.273. The predicted octanol–water partition coefficient (Wildman–Crippen LogP) is 6.76. The maximum absolute atomic E-state index is 6.38. The molecule has 2 nitrogen and oxygen atoms in total. The maximum atomic E-state index is 6.38. The van der Waals surface area contributed by atoms with Crippen LogP contribution in [0.4, 0.5) is 0 Å². The Kier molecular flexibility index (Phi) is 6.06. The van der Waals surface area contributed by atoms with Crippen LogP contribution in [0, 0.1) is 6.92 Å². The summed E-state index contributed by atoms with van der Waals surface area (Å²) in [7, 11) is 0. The second-order valence-electron chi connectivity index (χ2n) is 6.75. The number of rotatable bonds is 5. The third-order valence-corrected chi connectivity index (χ3v) is 7.12. The lowest BCUT2D eigenvalue weighted by Crippen LogP contribution is -2.09. The van der Waals surface area contributed by atoms with E-state index in [4.69, 9.17) is 21.6 Å². The van der Waals surface area contributed by atoms with Gasteiger partial charge in [-0.1, -0.05) is 77.1 Å². The van der Waals surface area contributed by atoms with Crippen LogP contribution in [0.15, 0.2) is 63.6 Å². The van der Waals surface area contributed by atoms with Gasteiger partial charge in [0.25, 0.3) is 0 Å². The number of thioether (sulfide) groups is 1. The van der Waals surface area contributed by atoms with E-state index in [9.17, 15) is 0 Å². The van der Waals surface area contributed by atoms with Crippen LogP contribution in [0.3, 0.4) is 0 Å². The van der Waals surface area contributed by atoms with Crippen LogP contribution >= 0.6 is 35.1 Å². The molecule has 2 aromatic carbocycles. The molecule has 0 N–H and O–H groups in total. The van der Waals surface area contributed by atoms with E-state index in [0.29, 0.717) is 0 Å². The zero-order chi connectivity index (χ0) is 18.6. The van der Waals surface area contributed by atoms with E-state index in [1.807, 2.05) is 18.2 Å². The molecule has 1 aliphatic carbocycles. The Morgan fingerprint density at radius 3 is 2.56 bits per heavy atom. The molecule has 1 aliphatic rings. The zero-order valence-corrected chi connectivity index (χ0v) is 17.6. The van der Waals surface area contributed by atoms with Crippen LogP contribution in [-0.4, -0.2) is 9.97 Å². The van der Waals surface area contributed by atoms with Gasteiger partial charge < -0.3 is 0 Å². The molecule has 27 heavy (non-hydrogen) atoms. The molecule has 0 saturated carbocycles. The average molecular weight is 413 g/mol. The summed E-state index contributed by atoms with van der Waals surface area (Å²) in [6, 6.07) is 16.7. The van der Waals surface area contributed by atoms with Gasteiger partial charge in [0, 0.05) is 21.9 Å². The molecule has 0 spiro atoms. The van der Waals surface area contributed by atoms with Crippen LogP contribution in [0.2, 0.25) is 5.02 Å². The molecule has 0 fully saturated rings. The van der Waals surface area contributed by atoms with E-state index in [1.54, 1.807) is 23.5 Å². The van der Waals surface area contributed by atoms with Gasteiger partial charge in [0.05, 0.1) is 5.02 Å². The van der Waals surface area contributed by atoms with Crippen molar-refractivity contribution in [3.63, 3.8) is 0 Å². The summed E-state index contributed by atoms with van der Waals surface area (Å²) < 4.78 is 0. The lowest BCUT2D eigenvalue weighted by Gasteiger charge is -2.19. The number of nitrogens with zero attached hydrogens (tertiary/aromatic N) is 2. The number of hydrogen-bond donors (Lipinski definition) is 0. The lowest BCUT2D eigenvalue weighted by atomic mass is 9.98. The predicted molar refractivity (Wildman–Crippen MR) is 115 cm³/mol. The minimum atomic E-state index is 0.777. The first-order valence-electron chi connectivity index (χ1n) is 9.19. The summed E-state index contributed by atoms with van der Waals surface area (Å²) in [5.74, 6) is 0.884. The van der Waals surface area contributed by atoms with Gasteiger partial charge >= 0.3 is 0 Å². The largest absolute Gasteiger partial charge is 0.227 e. The van der Waals surface area contributed by atoms with Crippen molar-refractivity contribution in [3.05, 3.63) is 75.9 Å². The van der Waals surface area contributed by atoms with E-state index >= 15 is 0 Å². The molecule has 0 atom stereocenters. The maximum Gasteiger partial charge on any atom is 0.189 e. The van der Waals surface area contributed by atoms with Gasteiger partial charge in [-0.25, -0.2) is 9.97 Å². The normalized spacial score (nSPS) is 13.4. The van der Waals surface area contributed by atoms with Gasteiger partial charge in [-0.05, 0) is 50.3 Å². The van der Waals surface area contributed by atoms with Gasteiger partial charge in [-0.2, -0.15) is 0 Å². The number of fused-ring (bicyclic) bond motifs is 1. The topological polar surface area (TPSA) is 25.8 Å². The Morgan fingerprint density at radius 2 is 1.74 bits per heavy atom. The van der Waals surface area contributed by atoms with Crippen molar-refractivity contribution in [2.24, 2.45) is 0 Å². The molecule has 0 radical (unpaired) electrons. The van der Waals surface area contributed by atoms with Crippen LogP contribution < -0.4 is 0 Å². The van der Waals surface area contributed by atoms with Crippen LogP contribution in [0.5, 0.6) is 0 Å². The number of hydrogen-bond acceptors (Lipinski definition) is 4. The van der Waals surface area contributed by atoms with Crippen molar-refractivity contribution in [2.45, 2.75) is 53.4 Å². The Morgan fingerprint density at radius 1 is 0.963 bits per heavy atom. The van der Waals surface area contributed by atoms with E-state index in [2.05, 4.69) is 37.3 Å². The molecule has 1 heterocycles. The molecule has 138 valence electrons. The third-order valence-electron chi connectivity index (χ3n) is 4.66. The molecule has 5 heteroatoms. The van der Waals surface area contributed by atoms with E-state index in [0.717, 1.165) is 38.7 Å². The van der Waals surface area contributed by atoms with Crippen molar-refractivity contribution in [3.8, 4) is 0 Å². The van der Waals surface area contributed by atoms with Gasteiger partial charge in [0.2, 0.25) is 0 Å². The monoisotopic (exact) mass is 412 g/mol. The van der Waals surface area contributed by atoms with Crippen molar-refractivity contribution in [1.82, 2.24) is 9.97 Å². The quantitative estimate of drug-likeness (QED) is 0.262. The Hall–Kier alpha value is -1.49. The highest BCUT2D eigenvalue weighted by atomic mass is 35.5. The summed E-state index contributed by atoms with van der Waals surface area (Å²) in [6.07, 6.45) is 4.53. The second kappa shape index (κ2) is 8.68. The summed E-state index contributed by atoms with van der Waals surface area (Å²) in [6.45, 7) is 2.11. The molecule has 0 unspecified atom stereocenters. The average Bonchev–Trinajstić information content (AvgIpc) is 2.69. The smallest absolute Gasteiger partial charge is 0.189 e. The van der Waals surface area contributed by atoms with Gasteiger partial charge in [0.15, 0.2) is 5.16 Å². The number of aryl methyl sites for hydroxylation is 2. The Bertz CT molecular complexity index is 942. The first-order valence-corrected chi connectivity index (χ1v) is 11.4. The molecular weight excluding hydrogens is 392 g/mol.